The van der Waals surface area contributed by atoms with Gasteiger partial charge in [-0.25, -0.2) is 15.0 Å². The molecule has 0 unspecified atom stereocenters. The Kier molecular flexibility index (Phi) is 5.38. The van der Waals surface area contributed by atoms with Crippen LogP contribution in [0.2, 0.25) is 0 Å². The predicted molar refractivity (Wildman–Crippen MR) is 164 cm³/mol. The molecule has 0 radical (unpaired) electrons. The van der Waals surface area contributed by atoms with Crippen molar-refractivity contribution in [3.05, 3.63) is 134 Å². The third kappa shape index (κ3) is 4.03. The lowest BCUT2D eigenvalue weighted by atomic mass is 10.0. The Morgan fingerprint density at radius 3 is 1.98 bits per heavy atom. The monoisotopic (exact) mass is 526 g/mol. The van der Waals surface area contributed by atoms with Crippen LogP contribution < -0.4 is 0 Å². The Morgan fingerprint density at radius 1 is 0.463 bits per heavy atom. The van der Waals surface area contributed by atoms with Crippen LogP contribution in [0.15, 0.2) is 138 Å². The molecule has 41 heavy (non-hydrogen) atoms. The number of hydrogen-bond donors (Lipinski definition) is 0. The maximum atomic E-state index is 6.41. The van der Waals surface area contributed by atoms with Crippen molar-refractivity contribution in [3.8, 4) is 45.3 Å². The van der Waals surface area contributed by atoms with Crippen molar-refractivity contribution in [1.82, 2.24) is 19.9 Å². The first-order valence-corrected chi connectivity index (χ1v) is 13.5. The number of nitrogens with zero attached hydrogens (tertiary/aromatic N) is 4. The maximum Gasteiger partial charge on any atom is 0.164 e. The summed E-state index contributed by atoms with van der Waals surface area (Å²) in [5, 5.41) is 2.96. The Bertz CT molecular complexity index is 2210. The van der Waals surface area contributed by atoms with Gasteiger partial charge in [-0.15, -0.1) is 0 Å². The van der Waals surface area contributed by atoms with Gasteiger partial charge in [0.05, 0.1) is 5.52 Å². The highest BCUT2D eigenvalue weighted by atomic mass is 16.3. The van der Waals surface area contributed by atoms with Gasteiger partial charge in [0.25, 0.3) is 0 Å². The van der Waals surface area contributed by atoms with E-state index in [1.54, 1.807) is 6.20 Å². The first-order valence-electron chi connectivity index (χ1n) is 13.5. The molecule has 0 saturated carbocycles. The van der Waals surface area contributed by atoms with Gasteiger partial charge in [-0.1, -0.05) is 91.0 Å². The lowest BCUT2D eigenvalue weighted by Crippen LogP contribution is -2.00. The van der Waals surface area contributed by atoms with Crippen molar-refractivity contribution < 1.29 is 4.42 Å². The highest BCUT2D eigenvalue weighted by Gasteiger charge is 2.19. The molecule has 8 rings (SSSR count). The summed E-state index contributed by atoms with van der Waals surface area (Å²) < 4.78 is 6.41. The molecule has 0 aliphatic carbocycles. The van der Waals surface area contributed by atoms with Crippen molar-refractivity contribution in [2.24, 2.45) is 0 Å². The van der Waals surface area contributed by atoms with E-state index < -0.39 is 0 Å². The normalized spacial score (nSPS) is 11.4. The number of rotatable bonds is 4. The Hall–Kier alpha value is -5.68. The van der Waals surface area contributed by atoms with Gasteiger partial charge < -0.3 is 4.42 Å². The fourth-order valence-corrected chi connectivity index (χ4v) is 5.43. The van der Waals surface area contributed by atoms with Crippen LogP contribution in [-0.4, -0.2) is 19.9 Å². The van der Waals surface area contributed by atoms with Gasteiger partial charge in [0, 0.05) is 39.0 Å². The van der Waals surface area contributed by atoms with Crippen molar-refractivity contribution in [2.45, 2.75) is 0 Å². The molecule has 0 saturated heterocycles. The van der Waals surface area contributed by atoms with E-state index in [-0.39, 0.29) is 0 Å². The van der Waals surface area contributed by atoms with E-state index in [0.29, 0.717) is 17.5 Å². The molecular weight excluding hydrogens is 504 g/mol. The molecule has 8 aromatic rings. The van der Waals surface area contributed by atoms with Crippen LogP contribution in [0.5, 0.6) is 0 Å². The molecule has 5 heteroatoms. The second-order valence-corrected chi connectivity index (χ2v) is 9.91. The van der Waals surface area contributed by atoms with Crippen molar-refractivity contribution in [3.63, 3.8) is 0 Å². The van der Waals surface area contributed by atoms with Crippen LogP contribution in [-0.2, 0) is 0 Å². The van der Waals surface area contributed by atoms with Crippen LogP contribution in [0.25, 0.3) is 78.1 Å². The number of aromatic nitrogens is 4. The Labute approximate surface area is 235 Å². The SMILES string of the molecule is c1ccc(-c2cccc(-c3nc(-c4ccccc4)nc(-c4cccc5oc6c7cccnc7ccc6c45)n3)c2)cc1. The molecule has 192 valence electrons. The molecular formula is C36H22N4O. The molecule has 0 bridgehead atoms. The van der Waals surface area contributed by atoms with Crippen LogP contribution >= 0.6 is 0 Å². The standard InChI is InChI=1S/C36H22N4O/c1-3-10-23(11-4-1)25-14-7-15-26(22-25)35-38-34(24-12-5-2-6-13-24)39-36(40-35)29-16-8-18-31-32(29)28-19-20-30-27(33(28)41-31)17-9-21-37-30/h1-22H. The lowest BCUT2D eigenvalue weighted by Gasteiger charge is -2.10. The van der Waals surface area contributed by atoms with Crippen LogP contribution in [0.1, 0.15) is 0 Å². The molecule has 0 aliphatic heterocycles. The summed E-state index contributed by atoms with van der Waals surface area (Å²) in [7, 11) is 0. The number of benzene rings is 5. The zero-order valence-corrected chi connectivity index (χ0v) is 21.9. The molecule has 0 atom stereocenters. The van der Waals surface area contributed by atoms with E-state index >= 15 is 0 Å². The molecule has 0 N–H and O–H groups in total. The van der Waals surface area contributed by atoms with Gasteiger partial charge in [-0.3, -0.25) is 4.98 Å². The zero-order chi connectivity index (χ0) is 27.2. The van der Waals surface area contributed by atoms with Gasteiger partial charge in [0.2, 0.25) is 0 Å². The topological polar surface area (TPSA) is 64.7 Å². The first-order chi connectivity index (χ1) is 20.3. The second-order valence-electron chi connectivity index (χ2n) is 9.91. The summed E-state index contributed by atoms with van der Waals surface area (Å²) in [6.07, 6.45) is 1.80. The lowest BCUT2D eigenvalue weighted by molar-refractivity contribution is 0.672. The van der Waals surface area contributed by atoms with E-state index in [1.807, 2.05) is 91.0 Å². The smallest absolute Gasteiger partial charge is 0.164 e. The van der Waals surface area contributed by atoms with E-state index in [9.17, 15) is 0 Å². The third-order valence-electron chi connectivity index (χ3n) is 7.38. The minimum absolute atomic E-state index is 0.596. The average Bonchev–Trinajstić information content (AvgIpc) is 3.45. The predicted octanol–water partition coefficient (Wildman–Crippen LogP) is 8.99. The molecule has 0 fully saturated rings. The molecule has 5 nitrogen and oxygen atoms in total. The van der Waals surface area contributed by atoms with E-state index in [0.717, 1.165) is 60.7 Å². The van der Waals surface area contributed by atoms with Crippen LogP contribution in [0, 0.1) is 0 Å². The summed E-state index contributed by atoms with van der Waals surface area (Å²) in [6.45, 7) is 0. The van der Waals surface area contributed by atoms with E-state index in [4.69, 9.17) is 19.4 Å². The van der Waals surface area contributed by atoms with Crippen molar-refractivity contribution >= 4 is 32.8 Å². The molecule has 3 aromatic heterocycles. The second kappa shape index (κ2) is 9.50. The quantitative estimate of drug-likeness (QED) is 0.229. The third-order valence-corrected chi connectivity index (χ3v) is 7.38. The van der Waals surface area contributed by atoms with Gasteiger partial charge in [-0.05, 0) is 47.5 Å². The van der Waals surface area contributed by atoms with E-state index in [1.165, 1.54) is 0 Å². The number of fused-ring (bicyclic) bond motifs is 5. The van der Waals surface area contributed by atoms with Gasteiger partial charge in [0.15, 0.2) is 17.5 Å². The summed E-state index contributed by atoms with van der Waals surface area (Å²) >= 11 is 0. The summed E-state index contributed by atoms with van der Waals surface area (Å²) in [6, 6.07) is 42.8. The molecule has 0 spiro atoms. The van der Waals surface area contributed by atoms with Gasteiger partial charge in [0.1, 0.15) is 11.2 Å². The molecule has 3 heterocycles. The number of furan rings is 1. The summed E-state index contributed by atoms with van der Waals surface area (Å²) in [5.41, 5.74) is 7.48. The van der Waals surface area contributed by atoms with Gasteiger partial charge in [-0.2, -0.15) is 0 Å². The van der Waals surface area contributed by atoms with Crippen molar-refractivity contribution in [2.75, 3.05) is 0 Å². The molecule has 0 amide bonds. The fraction of sp³-hybridized carbons (Fsp3) is 0. The summed E-state index contributed by atoms with van der Waals surface area (Å²) in [4.78, 5) is 19.5. The minimum Gasteiger partial charge on any atom is -0.455 e. The average molecular weight is 527 g/mol. The number of hydrogen-bond acceptors (Lipinski definition) is 5. The Balaban J connectivity index is 1.38. The summed E-state index contributed by atoms with van der Waals surface area (Å²) in [5.74, 6) is 1.83. The van der Waals surface area contributed by atoms with Gasteiger partial charge >= 0.3 is 0 Å². The molecule has 5 aromatic carbocycles. The number of pyridine rings is 1. The molecule has 0 aliphatic rings. The maximum absolute atomic E-state index is 6.41. The largest absolute Gasteiger partial charge is 0.455 e. The first kappa shape index (κ1) is 23.2. The minimum atomic E-state index is 0.596. The highest BCUT2D eigenvalue weighted by molar-refractivity contribution is 6.18. The van der Waals surface area contributed by atoms with Crippen molar-refractivity contribution in [1.29, 1.82) is 0 Å². The fourth-order valence-electron chi connectivity index (χ4n) is 5.43. The van der Waals surface area contributed by atoms with Crippen LogP contribution in [0.4, 0.5) is 0 Å². The highest BCUT2D eigenvalue weighted by Crippen LogP contribution is 2.39. The van der Waals surface area contributed by atoms with E-state index in [2.05, 4.69) is 41.4 Å². The zero-order valence-electron chi connectivity index (χ0n) is 21.9. The Morgan fingerprint density at radius 2 is 1.15 bits per heavy atom. The van der Waals surface area contributed by atoms with Crippen LogP contribution in [0.3, 0.4) is 0 Å².